The molecule has 168 valence electrons. The number of anilines is 1. The Kier molecular flexibility index (Phi) is 6.24. The number of carbonyl (C=O) groups is 2. The van der Waals surface area contributed by atoms with Gasteiger partial charge in [0.15, 0.2) is 16.7 Å². The molecule has 2 aromatic heterocycles. The number of thioether (sulfide) groups is 1. The van der Waals surface area contributed by atoms with Crippen molar-refractivity contribution in [2.75, 3.05) is 18.0 Å². The number of H-pyrrole nitrogens is 1. The lowest BCUT2D eigenvalue weighted by atomic mass is 10.0. The number of nitrogens with zero attached hydrogens (tertiary/aromatic N) is 4. The van der Waals surface area contributed by atoms with E-state index in [-0.39, 0.29) is 11.6 Å². The Morgan fingerprint density at radius 3 is 2.31 bits per heavy atom. The number of aromatic nitrogens is 4. The normalized spacial score (nSPS) is 14.7. The number of carbonyl (C=O) groups excluding carboxylic acids is 2. The quantitative estimate of drug-likeness (QED) is 0.415. The molecule has 0 bridgehead atoms. The molecule has 4 rings (SSSR count). The summed E-state index contributed by atoms with van der Waals surface area (Å²) in [6.45, 7) is 11.0. The molecule has 1 aliphatic heterocycles. The minimum atomic E-state index is -0.397. The summed E-state index contributed by atoms with van der Waals surface area (Å²) < 4.78 is 2.05. The first-order chi connectivity index (χ1) is 15.3. The monoisotopic (exact) mass is 451 g/mol. The molecule has 0 radical (unpaired) electrons. The van der Waals surface area contributed by atoms with Crippen LogP contribution in [0, 0.1) is 20.8 Å². The van der Waals surface area contributed by atoms with Crippen molar-refractivity contribution in [1.29, 1.82) is 0 Å². The molecule has 1 saturated heterocycles. The van der Waals surface area contributed by atoms with Crippen molar-refractivity contribution in [3.05, 3.63) is 52.3 Å². The highest BCUT2D eigenvalue weighted by molar-refractivity contribution is 8.00. The van der Waals surface area contributed by atoms with Crippen molar-refractivity contribution in [1.82, 2.24) is 19.7 Å². The Morgan fingerprint density at radius 1 is 1.06 bits per heavy atom. The SMILES string of the molecule is CC(=O)c1c(C)[nH]c(C(=O)C(C)Sc2nnc(N3CCCC3)n2-c2ccc(C)cc2)c1C. The number of nitrogens with one attached hydrogen (secondary N) is 1. The summed E-state index contributed by atoms with van der Waals surface area (Å²) in [5, 5.41) is 9.25. The summed E-state index contributed by atoms with van der Waals surface area (Å²) >= 11 is 1.39. The van der Waals surface area contributed by atoms with Crippen LogP contribution in [0.25, 0.3) is 5.69 Å². The van der Waals surface area contributed by atoms with E-state index < -0.39 is 5.25 Å². The van der Waals surface area contributed by atoms with E-state index in [2.05, 4.69) is 51.3 Å². The largest absolute Gasteiger partial charge is 0.355 e. The number of hydrogen-bond acceptors (Lipinski definition) is 6. The third-order valence-electron chi connectivity index (χ3n) is 5.98. The Labute approximate surface area is 192 Å². The maximum atomic E-state index is 13.3. The maximum absolute atomic E-state index is 13.3. The highest BCUT2D eigenvalue weighted by Gasteiger charge is 2.28. The molecule has 3 aromatic rings. The van der Waals surface area contributed by atoms with Crippen molar-refractivity contribution < 1.29 is 9.59 Å². The van der Waals surface area contributed by atoms with E-state index >= 15 is 0 Å². The van der Waals surface area contributed by atoms with Crippen LogP contribution >= 0.6 is 11.8 Å². The molecule has 0 spiro atoms. The topological polar surface area (TPSA) is 83.9 Å². The summed E-state index contributed by atoms with van der Waals surface area (Å²) in [5.74, 6) is 0.730. The van der Waals surface area contributed by atoms with Gasteiger partial charge in [0.2, 0.25) is 5.95 Å². The Morgan fingerprint density at radius 2 is 1.72 bits per heavy atom. The molecular formula is C24H29N5O2S. The molecule has 8 heteroatoms. The predicted octanol–water partition coefficient (Wildman–Crippen LogP) is 4.69. The van der Waals surface area contributed by atoms with Crippen molar-refractivity contribution in [2.24, 2.45) is 0 Å². The van der Waals surface area contributed by atoms with Gasteiger partial charge < -0.3 is 9.88 Å². The number of ketones is 2. The second-order valence-corrected chi connectivity index (χ2v) is 9.76. The van der Waals surface area contributed by atoms with Crippen LogP contribution in [-0.2, 0) is 0 Å². The molecular weight excluding hydrogens is 422 g/mol. The van der Waals surface area contributed by atoms with Crippen molar-refractivity contribution in [3.63, 3.8) is 0 Å². The van der Waals surface area contributed by atoms with E-state index in [0.717, 1.165) is 43.3 Å². The lowest BCUT2D eigenvalue weighted by Gasteiger charge is -2.19. The van der Waals surface area contributed by atoms with Gasteiger partial charge in [-0.25, -0.2) is 0 Å². The molecule has 1 aromatic carbocycles. The molecule has 1 unspecified atom stereocenters. The zero-order valence-electron chi connectivity index (χ0n) is 19.2. The third-order valence-corrected chi connectivity index (χ3v) is 7.03. The summed E-state index contributed by atoms with van der Waals surface area (Å²) in [6.07, 6.45) is 2.28. The summed E-state index contributed by atoms with van der Waals surface area (Å²) in [7, 11) is 0. The van der Waals surface area contributed by atoms with E-state index in [0.29, 0.717) is 22.0 Å². The lowest BCUT2D eigenvalue weighted by Crippen LogP contribution is -2.22. The fourth-order valence-corrected chi connectivity index (χ4v) is 5.24. The first-order valence-electron chi connectivity index (χ1n) is 11.0. The molecule has 1 aliphatic rings. The summed E-state index contributed by atoms with van der Waals surface area (Å²) in [4.78, 5) is 30.6. The molecule has 3 heterocycles. The van der Waals surface area contributed by atoms with E-state index in [1.807, 2.05) is 25.3 Å². The van der Waals surface area contributed by atoms with Gasteiger partial charge in [0.1, 0.15) is 0 Å². The van der Waals surface area contributed by atoms with Gasteiger partial charge in [-0.2, -0.15) is 0 Å². The van der Waals surface area contributed by atoms with Gasteiger partial charge in [-0.15, -0.1) is 10.2 Å². The molecule has 1 fully saturated rings. The zero-order chi connectivity index (χ0) is 23.0. The van der Waals surface area contributed by atoms with Crippen molar-refractivity contribution in [3.8, 4) is 5.69 Å². The van der Waals surface area contributed by atoms with Crippen molar-refractivity contribution >= 4 is 29.3 Å². The Bertz CT molecular complexity index is 1160. The number of rotatable bonds is 7. The average Bonchev–Trinajstić information content (AvgIpc) is 3.47. The summed E-state index contributed by atoms with van der Waals surface area (Å²) in [6, 6.07) is 8.26. The van der Waals surface area contributed by atoms with Gasteiger partial charge in [-0.3, -0.25) is 14.2 Å². The minimum absolute atomic E-state index is 0.0371. The molecule has 1 atom stereocenters. The lowest BCUT2D eigenvalue weighted by molar-refractivity contribution is 0.0988. The van der Waals surface area contributed by atoms with Crippen molar-refractivity contribution in [2.45, 2.75) is 57.9 Å². The molecule has 32 heavy (non-hydrogen) atoms. The Balaban J connectivity index is 1.67. The van der Waals surface area contributed by atoms with Crippen LogP contribution in [-0.4, -0.2) is 49.7 Å². The minimum Gasteiger partial charge on any atom is -0.355 e. The smallest absolute Gasteiger partial charge is 0.232 e. The fraction of sp³-hybridized carbons (Fsp3) is 0.417. The van der Waals surface area contributed by atoms with Gasteiger partial charge in [-0.05, 0) is 65.2 Å². The number of aromatic amines is 1. The molecule has 0 saturated carbocycles. The van der Waals surface area contributed by atoms with Crippen LogP contribution in [0.15, 0.2) is 29.4 Å². The van der Waals surface area contributed by atoms with Gasteiger partial charge in [0.25, 0.3) is 0 Å². The third kappa shape index (κ3) is 4.11. The standard InChI is InChI=1S/C24H29N5O2S/c1-14-8-10-19(11-9-14)29-23(28-12-6-7-13-28)26-27-24(29)32-18(5)22(31)21-15(2)20(17(4)30)16(3)25-21/h8-11,18,25H,6-7,12-13H2,1-5H3. The number of hydrogen-bond donors (Lipinski definition) is 1. The average molecular weight is 452 g/mol. The second kappa shape index (κ2) is 8.94. The van der Waals surface area contributed by atoms with Gasteiger partial charge in [-0.1, -0.05) is 29.5 Å². The zero-order valence-corrected chi connectivity index (χ0v) is 20.0. The fourth-order valence-electron chi connectivity index (χ4n) is 4.32. The highest BCUT2D eigenvalue weighted by atomic mass is 32.2. The van der Waals surface area contributed by atoms with Crippen LogP contribution in [0.3, 0.4) is 0 Å². The van der Waals surface area contributed by atoms with E-state index in [4.69, 9.17) is 0 Å². The molecule has 0 amide bonds. The van der Waals surface area contributed by atoms with E-state index in [1.54, 1.807) is 0 Å². The Hall–Kier alpha value is -2.87. The van der Waals surface area contributed by atoms with Crippen LogP contribution in [0.4, 0.5) is 5.95 Å². The molecule has 7 nitrogen and oxygen atoms in total. The van der Waals surface area contributed by atoms with Gasteiger partial charge in [0.05, 0.1) is 16.6 Å². The first kappa shape index (κ1) is 22.3. The first-order valence-corrected chi connectivity index (χ1v) is 11.8. The van der Waals surface area contributed by atoms with Crippen LogP contribution in [0.2, 0.25) is 0 Å². The molecule has 0 aliphatic carbocycles. The molecule has 1 N–H and O–H groups in total. The van der Waals surface area contributed by atoms with Crippen LogP contribution in [0.5, 0.6) is 0 Å². The summed E-state index contributed by atoms with van der Waals surface area (Å²) in [5.41, 5.74) is 4.70. The van der Waals surface area contributed by atoms with E-state index in [1.165, 1.54) is 24.2 Å². The second-order valence-electron chi connectivity index (χ2n) is 8.45. The predicted molar refractivity (Wildman–Crippen MR) is 127 cm³/mol. The highest BCUT2D eigenvalue weighted by Crippen LogP contribution is 2.32. The maximum Gasteiger partial charge on any atom is 0.232 e. The van der Waals surface area contributed by atoms with Crippen LogP contribution in [0.1, 0.15) is 64.4 Å². The van der Waals surface area contributed by atoms with Gasteiger partial charge in [0, 0.05) is 24.3 Å². The van der Waals surface area contributed by atoms with Crippen LogP contribution < -0.4 is 4.90 Å². The number of aryl methyl sites for hydroxylation is 2. The van der Waals surface area contributed by atoms with Gasteiger partial charge >= 0.3 is 0 Å². The number of benzene rings is 1. The van der Waals surface area contributed by atoms with E-state index in [9.17, 15) is 9.59 Å². The number of Topliss-reactive ketones (excluding diaryl/α,β-unsaturated/α-hetero) is 2.